The third-order valence-corrected chi connectivity index (χ3v) is 10.2. The minimum absolute atomic E-state index is 0.0264. The van der Waals surface area contributed by atoms with Gasteiger partial charge in [0.25, 0.3) is 0 Å². The van der Waals surface area contributed by atoms with Crippen molar-refractivity contribution in [2.24, 2.45) is 0 Å². The highest BCUT2D eigenvalue weighted by Gasteiger charge is 2.39. The predicted molar refractivity (Wildman–Crippen MR) is 176 cm³/mol. The molecule has 254 valence electrons. The largest absolute Gasteiger partial charge is 0.493 e. The van der Waals surface area contributed by atoms with Crippen molar-refractivity contribution in [3.05, 3.63) is 72.4 Å². The van der Waals surface area contributed by atoms with Crippen LogP contribution in [0.15, 0.2) is 66.9 Å². The number of nitrogens with one attached hydrogen (secondary N) is 3. The molecule has 1 aromatic heterocycles. The van der Waals surface area contributed by atoms with Crippen molar-refractivity contribution in [1.29, 1.82) is 0 Å². The molecular weight excluding hydrogens is 651 g/mol. The summed E-state index contributed by atoms with van der Waals surface area (Å²) in [6.45, 7) is 0.507. The van der Waals surface area contributed by atoms with Crippen molar-refractivity contribution >= 4 is 44.0 Å². The van der Waals surface area contributed by atoms with Crippen molar-refractivity contribution in [3.63, 3.8) is 0 Å². The molecular formula is C33H34F3N5O6S. The maximum absolute atomic E-state index is 14.2. The Morgan fingerprint density at radius 1 is 0.875 bits per heavy atom. The van der Waals surface area contributed by atoms with Gasteiger partial charge in [-0.05, 0) is 68.1 Å². The van der Waals surface area contributed by atoms with Gasteiger partial charge in [-0.2, -0.15) is 13.2 Å². The molecule has 2 fully saturated rings. The number of urea groups is 1. The van der Waals surface area contributed by atoms with Crippen LogP contribution in [0.3, 0.4) is 0 Å². The fraction of sp³-hybridized carbons (Fsp3) is 0.333. The van der Waals surface area contributed by atoms with Gasteiger partial charge < -0.3 is 29.7 Å². The number of methoxy groups -OCH3 is 2. The summed E-state index contributed by atoms with van der Waals surface area (Å²) in [5.41, 5.74) is -0.0111. The van der Waals surface area contributed by atoms with Crippen molar-refractivity contribution in [2.45, 2.75) is 43.2 Å². The maximum atomic E-state index is 14.2. The lowest BCUT2D eigenvalue weighted by Crippen LogP contribution is -2.46. The van der Waals surface area contributed by atoms with Gasteiger partial charge in [0, 0.05) is 59.9 Å². The molecule has 0 unspecified atom stereocenters. The zero-order chi connectivity index (χ0) is 34.1. The first-order chi connectivity index (χ1) is 22.9. The van der Waals surface area contributed by atoms with E-state index in [1.54, 1.807) is 53.6 Å². The van der Waals surface area contributed by atoms with Crippen LogP contribution >= 0.6 is 0 Å². The van der Waals surface area contributed by atoms with E-state index < -0.39 is 27.8 Å². The number of carbonyl (C=O) groups excluding carboxylic acids is 1. The normalized spacial score (nSPS) is 15.6. The predicted octanol–water partition coefficient (Wildman–Crippen LogP) is 6.76. The number of fused-ring (bicyclic) bond motifs is 1. The molecule has 48 heavy (non-hydrogen) atoms. The third kappa shape index (κ3) is 7.52. The first-order valence-corrected chi connectivity index (χ1v) is 16.8. The lowest BCUT2D eigenvalue weighted by molar-refractivity contribution is -0.137. The minimum Gasteiger partial charge on any atom is -0.493 e. The molecule has 2 heterocycles. The average molecular weight is 686 g/mol. The molecule has 1 aliphatic heterocycles. The Balaban J connectivity index is 1.12. The molecule has 0 radical (unpaired) electrons. The Hall–Kier alpha value is -4.76. The summed E-state index contributed by atoms with van der Waals surface area (Å²) in [6.07, 6.45) is -1.06. The fourth-order valence-electron chi connectivity index (χ4n) is 5.66. The lowest BCUT2D eigenvalue weighted by atomic mass is 10.0. The highest BCUT2D eigenvalue weighted by atomic mass is 32.2. The monoisotopic (exact) mass is 685 g/mol. The first kappa shape index (κ1) is 33.2. The number of piperidine rings is 1. The van der Waals surface area contributed by atoms with Gasteiger partial charge in [0.15, 0.2) is 11.5 Å². The highest BCUT2D eigenvalue weighted by molar-refractivity contribution is 7.90. The number of benzene rings is 3. The number of ether oxygens (including phenoxy) is 3. The van der Waals surface area contributed by atoms with Crippen LogP contribution in [-0.2, 0) is 16.2 Å². The Kier molecular flexibility index (Phi) is 9.25. The van der Waals surface area contributed by atoms with E-state index in [1.807, 2.05) is 0 Å². The number of halogens is 3. The van der Waals surface area contributed by atoms with Gasteiger partial charge in [-0.15, -0.1) is 0 Å². The van der Waals surface area contributed by atoms with Gasteiger partial charge in [-0.3, -0.25) is 4.98 Å². The summed E-state index contributed by atoms with van der Waals surface area (Å²) in [5.74, 6) is 1.88. The second-order valence-electron chi connectivity index (χ2n) is 11.6. The highest BCUT2D eigenvalue weighted by Crippen LogP contribution is 2.40. The summed E-state index contributed by atoms with van der Waals surface area (Å²) in [7, 11) is -0.331. The van der Waals surface area contributed by atoms with E-state index in [2.05, 4.69) is 20.3 Å². The summed E-state index contributed by atoms with van der Waals surface area (Å²) in [4.78, 5) is 18.8. The molecule has 0 atom stereocenters. The van der Waals surface area contributed by atoms with Gasteiger partial charge in [-0.1, -0.05) is 6.07 Å². The number of nitrogens with zero attached hydrogens (tertiary/aromatic N) is 2. The van der Waals surface area contributed by atoms with Crippen LogP contribution in [-0.4, -0.2) is 58.0 Å². The molecule has 3 aromatic carbocycles. The van der Waals surface area contributed by atoms with E-state index in [1.165, 1.54) is 26.4 Å². The Labute approximate surface area is 275 Å². The smallest absolute Gasteiger partial charge is 0.418 e. The number of alkyl halides is 3. The van der Waals surface area contributed by atoms with Crippen LogP contribution in [0.5, 0.6) is 23.0 Å². The van der Waals surface area contributed by atoms with Crippen molar-refractivity contribution < 1.29 is 40.6 Å². The molecule has 3 N–H and O–H groups in total. The minimum atomic E-state index is -4.69. The van der Waals surface area contributed by atoms with Crippen LogP contribution in [0, 0.1) is 0 Å². The van der Waals surface area contributed by atoms with Crippen molar-refractivity contribution in [3.8, 4) is 23.0 Å². The number of aromatic nitrogens is 1. The van der Waals surface area contributed by atoms with Crippen LogP contribution in [0.4, 0.5) is 35.0 Å². The molecule has 2 amide bonds. The van der Waals surface area contributed by atoms with E-state index in [9.17, 15) is 26.4 Å². The Bertz CT molecular complexity index is 1930. The van der Waals surface area contributed by atoms with Crippen LogP contribution < -0.4 is 34.5 Å². The van der Waals surface area contributed by atoms with Crippen LogP contribution in [0.25, 0.3) is 10.9 Å². The topological polar surface area (TPSA) is 131 Å². The molecule has 1 aliphatic carbocycles. The van der Waals surface area contributed by atoms with Gasteiger partial charge in [0.1, 0.15) is 11.5 Å². The zero-order valence-electron chi connectivity index (χ0n) is 26.1. The average Bonchev–Trinajstić information content (AvgIpc) is 3.91. The lowest BCUT2D eigenvalue weighted by Gasteiger charge is -2.35. The summed E-state index contributed by atoms with van der Waals surface area (Å²) < 4.78 is 86.7. The van der Waals surface area contributed by atoms with E-state index in [4.69, 9.17) is 14.2 Å². The number of amides is 2. The number of pyridine rings is 1. The van der Waals surface area contributed by atoms with Crippen molar-refractivity contribution in [2.75, 3.05) is 42.8 Å². The van der Waals surface area contributed by atoms with E-state index in [0.29, 0.717) is 65.3 Å². The van der Waals surface area contributed by atoms with E-state index >= 15 is 0 Å². The van der Waals surface area contributed by atoms with E-state index in [-0.39, 0.29) is 35.8 Å². The molecule has 11 nitrogen and oxygen atoms in total. The summed E-state index contributed by atoms with van der Waals surface area (Å²) >= 11 is 0. The number of rotatable bonds is 10. The molecule has 6 rings (SSSR count). The summed E-state index contributed by atoms with van der Waals surface area (Å²) in [5, 5.41) is 5.42. The standard InChI is InChI=1S/C33H34F3N5O6S/c1-45-30-18-25-27(19-31(30)46-2)37-13-10-29(25)47-23-5-3-4-21(16-23)38-32(42)39-22-6-9-28(26(17-22)33(34,35)36)41-14-11-20(12-15-41)40-48(43,44)24-7-8-24/h3-6,9-10,13,16-20,24,40H,7-8,11-12,14-15H2,1-2H3,(H2,38,39,42). The molecule has 1 saturated heterocycles. The second-order valence-corrected chi connectivity index (χ2v) is 13.6. The zero-order valence-corrected chi connectivity index (χ0v) is 27.0. The summed E-state index contributed by atoms with van der Waals surface area (Å²) in [6, 6.07) is 14.3. The van der Waals surface area contributed by atoms with Crippen LogP contribution in [0.1, 0.15) is 31.2 Å². The number of anilines is 3. The quantitative estimate of drug-likeness (QED) is 0.167. The van der Waals surface area contributed by atoms with Crippen molar-refractivity contribution in [1.82, 2.24) is 9.71 Å². The number of hydrogen-bond donors (Lipinski definition) is 3. The van der Waals surface area contributed by atoms with Crippen LogP contribution in [0.2, 0.25) is 0 Å². The van der Waals surface area contributed by atoms with Gasteiger partial charge in [0.2, 0.25) is 10.0 Å². The second kappa shape index (κ2) is 13.4. The maximum Gasteiger partial charge on any atom is 0.418 e. The molecule has 4 aromatic rings. The van der Waals surface area contributed by atoms with Gasteiger partial charge >= 0.3 is 12.2 Å². The third-order valence-electron chi connectivity index (χ3n) is 8.22. The molecule has 2 aliphatic rings. The Morgan fingerprint density at radius 3 is 2.23 bits per heavy atom. The number of carbonyl (C=O) groups is 1. The number of sulfonamides is 1. The van der Waals surface area contributed by atoms with E-state index in [0.717, 1.165) is 6.07 Å². The molecule has 1 saturated carbocycles. The fourth-order valence-corrected chi connectivity index (χ4v) is 7.31. The molecule has 0 spiro atoms. The first-order valence-electron chi connectivity index (χ1n) is 15.3. The SMILES string of the molecule is COc1cc2nccc(Oc3cccc(NC(=O)Nc4ccc(N5CCC(NS(=O)(=O)C6CC6)CC5)c(C(F)(F)F)c4)c3)c2cc1OC. The molecule has 15 heteroatoms. The van der Waals surface area contributed by atoms with Gasteiger partial charge in [-0.25, -0.2) is 17.9 Å². The van der Waals surface area contributed by atoms with Gasteiger partial charge in [0.05, 0.1) is 30.5 Å². The molecule has 0 bridgehead atoms. The Morgan fingerprint density at radius 2 is 1.56 bits per heavy atom. The number of hydrogen-bond acceptors (Lipinski definition) is 8.